The Morgan fingerprint density at radius 1 is 1.40 bits per heavy atom. The molecule has 1 rings (SSSR count). The van der Waals surface area contributed by atoms with E-state index in [1.54, 1.807) is 6.92 Å². The molecule has 9 heteroatoms. The van der Waals surface area contributed by atoms with Gasteiger partial charge in [0.2, 0.25) is 5.88 Å². The minimum atomic E-state index is -0.785. The number of hydrazine groups is 1. The van der Waals surface area contributed by atoms with Crippen LogP contribution in [-0.2, 0) is 9.59 Å². The van der Waals surface area contributed by atoms with Crippen LogP contribution in [0.3, 0.4) is 0 Å². The third-order valence-corrected chi connectivity index (χ3v) is 3.26. The molecule has 5 N–H and O–H groups in total. The zero-order chi connectivity index (χ0) is 15.1. The first-order valence-electron chi connectivity index (χ1n) is 6.13. The van der Waals surface area contributed by atoms with Crippen LogP contribution in [-0.4, -0.2) is 44.4 Å². The number of nitrogens with zero attached hydrogens (tertiary/aromatic N) is 1. The first-order valence-corrected chi connectivity index (χ1v) is 6.90. The minimum Gasteiger partial charge on any atom is -0.494 e. The molecule has 0 fully saturated rings. The molecule has 0 atom stereocenters. The topological polar surface area (TPSA) is 118 Å². The van der Waals surface area contributed by atoms with E-state index in [4.69, 9.17) is 0 Å². The van der Waals surface area contributed by atoms with Crippen molar-refractivity contribution < 1.29 is 19.8 Å². The maximum Gasteiger partial charge on any atom is 0.324 e. The fourth-order valence-electron chi connectivity index (χ4n) is 1.33. The van der Waals surface area contributed by atoms with E-state index >= 15 is 0 Å². The second-order valence-electron chi connectivity index (χ2n) is 3.85. The van der Waals surface area contributed by atoms with E-state index in [1.165, 1.54) is 10.4 Å². The normalized spacial score (nSPS) is 10.3. The van der Waals surface area contributed by atoms with Gasteiger partial charge in [-0.3, -0.25) is 24.3 Å². The molecule has 0 spiro atoms. The summed E-state index contributed by atoms with van der Waals surface area (Å²) in [6.45, 7) is 4.46. The van der Waals surface area contributed by atoms with E-state index in [0.29, 0.717) is 19.5 Å². The number of amides is 2. The van der Waals surface area contributed by atoms with Crippen molar-refractivity contribution in [3.63, 3.8) is 0 Å². The molecule has 0 aliphatic rings. The molecule has 1 heterocycles. The lowest BCUT2D eigenvalue weighted by Gasteiger charge is -2.19. The standard InChI is InChI=1S/C11H18N4O4S/c1-3-5-15(11(19)10(18)14-12-4-2)20-7-6-8(16)13-9(7)17/h6,12-13,16-17H,3-5H2,1-2H3,(H,14,18). The molecule has 0 aromatic carbocycles. The van der Waals surface area contributed by atoms with Crippen molar-refractivity contribution in [3.8, 4) is 11.8 Å². The molecule has 0 saturated carbocycles. The zero-order valence-electron chi connectivity index (χ0n) is 11.3. The maximum absolute atomic E-state index is 12.0. The highest BCUT2D eigenvalue weighted by atomic mass is 32.2. The molecule has 1 aromatic rings. The number of carbonyl (C=O) groups excluding carboxylic acids is 2. The van der Waals surface area contributed by atoms with E-state index in [1.807, 2.05) is 6.92 Å². The van der Waals surface area contributed by atoms with Gasteiger partial charge < -0.3 is 10.2 Å². The van der Waals surface area contributed by atoms with Crippen LogP contribution in [0, 0.1) is 0 Å². The lowest BCUT2D eigenvalue weighted by Crippen LogP contribution is -2.46. The molecule has 0 bridgehead atoms. The van der Waals surface area contributed by atoms with Gasteiger partial charge in [-0.25, -0.2) is 5.43 Å². The number of aromatic hydroxyl groups is 2. The highest BCUT2D eigenvalue weighted by Crippen LogP contribution is 2.33. The van der Waals surface area contributed by atoms with Crippen molar-refractivity contribution in [3.05, 3.63) is 6.07 Å². The number of carbonyl (C=O) groups is 2. The van der Waals surface area contributed by atoms with E-state index in [2.05, 4.69) is 15.8 Å². The highest BCUT2D eigenvalue weighted by molar-refractivity contribution is 7.97. The lowest BCUT2D eigenvalue weighted by atomic mass is 10.4. The van der Waals surface area contributed by atoms with Gasteiger partial charge in [0.1, 0.15) is 0 Å². The van der Waals surface area contributed by atoms with Crippen LogP contribution < -0.4 is 10.9 Å². The Morgan fingerprint density at radius 2 is 2.10 bits per heavy atom. The van der Waals surface area contributed by atoms with Gasteiger partial charge in [-0.2, -0.15) is 0 Å². The largest absolute Gasteiger partial charge is 0.494 e. The van der Waals surface area contributed by atoms with Crippen molar-refractivity contribution in [2.24, 2.45) is 0 Å². The maximum atomic E-state index is 12.0. The number of aromatic amines is 1. The van der Waals surface area contributed by atoms with Crippen LogP contribution in [0.2, 0.25) is 0 Å². The van der Waals surface area contributed by atoms with Crippen molar-refractivity contribution >= 4 is 23.8 Å². The summed E-state index contributed by atoms with van der Waals surface area (Å²) in [4.78, 5) is 26.1. The second kappa shape index (κ2) is 7.65. The zero-order valence-corrected chi connectivity index (χ0v) is 12.1. The van der Waals surface area contributed by atoms with Crippen LogP contribution in [0.4, 0.5) is 0 Å². The quantitative estimate of drug-likeness (QED) is 0.293. The van der Waals surface area contributed by atoms with Gasteiger partial charge in [-0.15, -0.1) is 0 Å². The average molecular weight is 302 g/mol. The van der Waals surface area contributed by atoms with Crippen LogP contribution in [0.15, 0.2) is 11.0 Å². The molecular weight excluding hydrogens is 284 g/mol. The molecule has 0 radical (unpaired) electrons. The monoisotopic (exact) mass is 302 g/mol. The summed E-state index contributed by atoms with van der Waals surface area (Å²) < 4.78 is 1.22. The highest BCUT2D eigenvalue weighted by Gasteiger charge is 2.24. The molecule has 0 saturated heterocycles. The number of nitrogens with one attached hydrogen (secondary N) is 3. The molecule has 1 aromatic heterocycles. The summed E-state index contributed by atoms with van der Waals surface area (Å²) in [6, 6.07) is 1.28. The van der Waals surface area contributed by atoms with Crippen LogP contribution in [0.1, 0.15) is 20.3 Å². The minimum absolute atomic E-state index is 0.217. The van der Waals surface area contributed by atoms with Gasteiger partial charge in [0.05, 0.1) is 4.90 Å². The number of H-pyrrole nitrogens is 1. The van der Waals surface area contributed by atoms with Crippen LogP contribution >= 0.6 is 11.9 Å². The molecule has 0 unspecified atom stereocenters. The number of aromatic nitrogens is 1. The average Bonchev–Trinajstić information content (AvgIpc) is 2.72. The van der Waals surface area contributed by atoms with Gasteiger partial charge in [0.25, 0.3) is 0 Å². The fourth-order valence-corrected chi connectivity index (χ4v) is 2.31. The molecule has 20 heavy (non-hydrogen) atoms. The lowest BCUT2D eigenvalue weighted by molar-refractivity contribution is -0.143. The van der Waals surface area contributed by atoms with Gasteiger partial charge in [-0.1, -0.05) is 13.8 Å². The van der Waals surface area contributed by atoms with E-state index < -0.39 is 11.8 Å². The predicted octanol–water partition coefficient (Wildman–Crippen LogP) is 0.312. The Kier molecular flexibility index (Phi) is 6.19. The smallest absolute Gasteiger partial charge is 0.324 e. The van der Waals surface area contributed by atoms with Crippen LogP contribution in [0.5, 0.6) is 11.8 Å². The second-order valence-corrected chi connectivity index (χ2v) is 4.91. The summed E-state index contributed by atoms with van der Waals surface area (Å²) in [6.07, 6.45) is 0.643. The number of hydrogen-bond acceptors (Lipinski definition) is 6. The van der Waals surface area contributed by atoms with Crippen molar-refractivity contribution in [1.82, 2.24) is 20.1 Å². The Morgan fingerprint density at radius 3 is 2.60 bits per heavy atom. The first-order chi connectivity index (χ1) is 9.49. The first kappa shape index (κ1) is 16.2. The van der Waals surface area contributed by atoms with Crippen LogP contribution in [0.25, 0.3) is 0 Å². The number of rotatable bonds is 6. The van der Waals surface area contributed by atoms with E-state index in [-0.39, 0.29) is 16.7 Å². The Labute approximate surface area is 120 Å². The molecule has 8 nitrogen and oxygen atoms in total. The Hall–Kier alpha value is -1.87. The Bertz CT molecular complexity index is 477. The predicted molar refractivity (Wildman–Crippen MR) is 73.8 cm³/mol. The van der Waals surface area contributed by atoms with Crippen molar-refractivity contribution in [2.75, 3.05) is 13.1 Å². The van der Waals surface area contributed by atoms with E-state index in [0.717, 1.165) is 11.9 Å². The number of hydrogen-bond donors (Lipinski definition) is 5. The third kappa shape index (κ3) is 4.35. The summed E-state index contributed by atoms with van der Waals surface area (Å²) in [5.74, 6) is -2.00. The Balaban J connectivity index is 2.75. The summed E-state index contributed by atoms with van der Waals surface area (Å²) in [5.41, 5.74) is 4.82. The van der Waals surface area contributed by atoms with E-state index in [9.17, 15) is 19.8 Å². The van der Waals surface area contributed by atoms with Crippen molar-refractivity contribution in [1.29, 1.82) is 0 Å². The fraction of sp³-hybridized carbons (Fsp3) is 0.455. The molecule has 2 amide bonds. The SMILES string of the molecule is CCCN(Sc1cc(O)[nH]c1O)C(=O)C(=O)NNCC. The van der Waals surface area contributed by atoms with Gasteiger partial charge in [0, 0.05) is 19.2 Å². The molecule has 112 valence electrons. The molecular formula is C11H18N4O4S. The third-order valence-electron chi connectivity index (χ3n) is 2.18. The van der Waals surface area contributed by atoms with Gasteiger partial charge >= 0.3 is 11.8 Å². The summed E-state index contributed by atoms with van der Waals surface area (Å²) in [5, 5.41) is 18.7. The molecule has 0 aliphatic carbocycles. The van der Waals surface area contributed by atoms with Gasteiger partial charge in [0.15, 0.2) is 5.88 Å². The molecule has 0 aliphatic heterocycles. The van der Waals surface area contributed by atoms with Gasteiger partial charge in [-0.05, 0) is 18.4 Å². The van der Waals surface area contributed by atoms with Crippen molar-refractivity contribution in [2.45, 2.75) is 25.2 Å². The summed E-state index contributed by atoms with van der Waals surface area (Å²) >= 11 is 0.885. The summed E-state index contributed by atoms with van der Waals surface area (Å²) in [7, 11) is 0.